The molecule has 0 atom stereocenters. The Bertz CT molecular complexity index is 3910. The van der Waals surface area contributed by atoms with Gasteiger partial charge in [0.15, 0.2) is 5.75 Å². The van der Waals surface area contributed by atoms with Crippen molar-refractivity contribution in [1.82, 2.24) is 0 Å². The molecule has 0 heterocycles. The van der Waals surface area contributed by atoms with Gasteiger partial charge in [-0.15, -0.1) is 25.6 Å². The minimum atomic E-state index is -5.25. The van der Waals surface area contributed by atoms with Gasteiger partial charge in [0.25, 0.3) is 0 Å². The number of benzene rings is 8. The van der Waals surface area contributed by atoms with Crippen LogP contribution in [0.25, 0.3) is 43.1 Å². The zero-order chi connectivity index (χ0) is 45.9. The Labute approximate surface area is 475 Å². The second kappa shape index (κ2) is 22.1. The predicted molar refractivity (Wildman–Crippen MR) is 226 cm³/mol. The quantitative estimate of drug-likeness (QED) is 0.0581. The van der Waals surface area contributed by atoms with Gasteiger partial charge in [-0.2, -0.15) is 5.11 Å². The number of nitrogen functional groups attached to an aromatic ring is 1. The van der Waals surface area contributed by atoms with Crippen molar-refractivity contribution in [2.75, 3.05) is 5.73 Å². The van der Waals surface area contributed by atoms with Crippen LogP contribution in [0.3, 0.4) is 0 Å². The molecule has 0 amide bonds. The van der Waals surface area contributed by atoms with Crippen LogP contribution in [0.1, 0.15) is 0 Å². The number of phenols is 1. The van der Waals surface area contributed by atoms with E-state index >= 15 is 0 Å². The standard InChI is InChI=1S/C40H27N7O13S4.4Na/c41-22-8-10-25-21(16-22)17-38(64(58,59)60)39(40(25)48)47-46-35-15-14-34(28-11-9-24(20-30(28)35)61(49,50)51)45-44-33-13-12-32(26-4-1-2-5-27(26)33)43-42-23-18-31-29(37(19-23)63(55,56)57)6-3-7-36(31)62(52,53)54;;;;/h1-20,48H,41H2,(H,49,50,51)(H,52,53,54)(H,55,56,57)(H,58,59,60);;;;/q;4*+1/p-4. The van der Waals surface area contributed by atoms with Gasteiger partial charge in [-0.25, -0.2) is 33.7 Å². The Morgan fingerprint density at radius 2 is 0.882 bits per heavy atom. The Hall–Kier alpha value is -3.16. The Balaban J connectivity index is 0.00000252. The SMILES string of the molecule is Nc1ccc2c(O)c(N=Nc3ccc(N=Nc4ccc(N=Nc5cc(S(=O)(=O)[O-])c6cccc(S(=O)(=O)[O-])c6c5)c5ccccc45)c4ccc(S(=O)(=O)[O-])cc34)c(S(=O)(=O)[O-])cc2c1.[Na+].[Na+].[Na+].[Na+]. The van der Waals surface area contributed by atoms with Crippen LogP contribution in [-0.4, -0.2) is 57.0 Å². The smallest absolute Gasteiger partial charge is 0.744 e. The minimum Gasteiger partial charge on any atom is -0.744 e. The maximum absolute atomic E-state index is 12.3. The molecule has 0 unspecified atom stereocenters. The number of azo groups is 3. The third-order valence-electron chi connectivity index (χ3n) is 9.69. The van der Waals surface area contributed by atoms with E-state index < -0.39 is 71.5 Å². The summed E-state index contributed by atoms with van der Waals surface area (Å²) in [6.45, 7) is 0. The van der Waals surface area contributed by atoms with Crippen LogP contribution in [-0.2, 0) is 40.5 Å². The average Bonchev–Trinajstić information content (AvgIpc) is 3.22. The molecule has 0 fully saturated rings. The first-order valence-corrected chi connectivity index (χ1v) is 23.5. The molecule has 3 N–H and O–H groups in total. The third kappa shape index (κ3) is 12.1. The molecule has 324 valence electrons. The number of aromatic hydroxyl groups is 1. The fraction of sp³-hybridized carbons (Fsp3) is 0. The number of phenolic OH excluding ortho intramolecular Hbond substituents is 1. The van der Waals surface area contributed by atoms with Gasteiger partial charge in [-0.1, -0.05) is 42.5 Å². The van der Waals surface area contributed by atoms with Crippen molar-refractivity contribution in [3.8, 4) is 5.75 Å². The molecule has 0 aliphatic heterocycles. The molecule has 20 nitrogen and oxygen atoms in total. The van der Waals surface area contributed by atoms with Crippen molar-refractivity contribution in [3.63, 3.8) is 0 Å². The fourth-order valence-corrected chi connectivity index (χ4v) is 9.38. The maximum atomic E-state index is 12.3. The van der Waals surface area contributed by atoms with Crippen LogP contribution in [0.15, 0.2) is 172 Å². The van der Waals surface area contributed by atoms with E-state index in [9.17, 15) is 57.0 Å². The van der Waals surface area contributed by atoms with Crippen molar-refractivity contribution in [1.29, 1.82) is 0 Å². The Morgan fingerprint density at radius 1 is 0.397 bits per heavy atom. The van der Waals surface area contributed by atoms with E-state index in [4.69, 9.17) is 5.73 Å². The summed E-state index contributed by atoms with van der Waals surface area (Å²) in [4.78, 5) is -3.18. The van der Waals surface area contributed by atoms with Crippen molar-refractivity contribution in [2.24, 2.45) is 30.7 Å². The molecular formula is C40H23N7Na4O13S4. The van der Waals surface area contributed by atoms with Crippen molar-refractivity contribution >= 4 is 123 Å². The van der Waals surface area contributed by atoms with Gasteiger partial charge in [0, 0.05) is 43.4 Å². The molecule has 68 heavy (non-hydrogen) atoms. The first-order chi connectivity index (χ1) is 30.1. The van der Waals surface area contributed by atoms with E-state index in [-0.39, 0.29) is 185 Å². The maximum Gasteiger partial charge on any atom is 1.00 e. The second-order valence-electron chi connectivity index (χ2n) is 13.7. The predicted octanol–water partition coefficient (Wildman–Crippen LogP) is -3.53. The summed E-state index contributed by atoms with van der Waals surface area (Å²) in [5.41, 5.74) is 5.48. The molecule has 8 aromatic carbocycles. The van der Waals surface area contributed by atoms with Gasteiger partial charge in [0.2, 0.25) is 0 Å². The van der Waals surface area contributed by atoms with Crippen molar-refractivity contribution in [2.45, 2.75) is 19.6 Å². The summed E-state index contributed by atoms with van der Waals surface area (Å²) in [5, 5.41) is 36.6. The number of anilines is 1. The zero-order valence-electron chi connectivity index (χ0n) is 35.8. The monoisotopic (exact) mass is 1030 g/mol. The number of hydrogen-bond donors (Lipinski definition) is 2. The largest absolute Gasteiger partial charge is 1.00 e. The van der Waals surface area contributed by atoms with E-state index in [1.54, 1.807) is 24.3 Å². The Morgan fingerprint density at radius 3 is 1.43 bits per heavy atom. The second-order valence-corrected chi connectivity index (χ2v) is 19.1. The van der Waals surface area contributed by atoms with Crippen LogP contribution in [0.4, 0.5) is 39.8 Å². The molecule has 8 rings (SSSR count). The molecule has 0 aromatic heterocycles. The number of nitrogens with two attached hydrogens (primary N) is 1. The minimum absolute atomic E-state index is 0. The van der Waals surface area contributed by atoms with Crippen LogP contribution in [0.5, 0.6) is 5.75 Å². The number of hydrogen-bond acceptors (Lipinski definition) is 20. The molecule has 0 bridgehead atoms. The summed E-state index contributed by atoms with van der Waals surface area (Å²) < 4.78 is 145. The van der Waals surface area contributed by atoms with E-state index in [1.165, 1.54) is 54.6 Å². The van der Waals surface area contributed by atoms with Gasteiger partial charge in [0.05, 0.1) is 48.0 Å². The molecule has 8 aromatic rings. The van der Waals surface area contributed by atoms with Crippen LogP contribution in [0.2, 0.25) is 0 Å². The molecule has 0 radical (unpaired) electrons. The van der Waals surface area contributed by atoms with Crippen molar-refractivity contribution in [3.05, 3.63) is 121 Å². The molecule has 0 aliphatic rings. The topological polar surface area (TPSA) is 349 Å². The molecule has 0 saturated carbocycles. The summed E-state index contributed by atoms with van der Waals surface area (Å²) >= 11 is 0. The van der Waals surface area contributed by atoms with E-state index in [0.29, 0.717) is 10.8 Å². The van der Waals surface area contributed by atoms with Crippen molar-refractivity contribution < 1.29 is 175 Å². The molecule has 0 saturated heterocycles. The first-order valence-electron chi connectivity index (χ1n) is 17.9. The summed E-state index contributed by atoms with van der Waals surface area (Å²) in [5.74, 6) is -0.711. The number of nitrogens with zero attached hydrogens (tertiary/aromatic N) is 6. The fourth-order valence-electron chi connectivity index (χ4n) is 6.84. The van der Waals surface area contributed by atoms with Crippen LogP contribution >= 0.6 is 0 Å². The van der Waals surface area contributed by atoms with Crippen LogP contribution < -0.4 is 124 Å². The van der Waals surface area contributed by atoms with Gasteiger partial charge in [-0.05, 0) is 84.2 Å². The number of rotatable bonds is 10. The van der Waals surface area contributed by atoms with Gasteiger partial charge < -0.3 is 29.1 Å². The van der Waals surface area contributed by atoms with Gasteiger partial charge >= 0.3 is 118 Å². The van der Waals surface area contributed by atoms with E-state index in [0.717, 1.165) is 42.5 Å². The Kier molecular flexibility index (Phi) is 18.6. The summed E-state index contributed by atoms with van der Waals surface area (Å²) in [7, 11) is -20.6. The molecule has 0 aliphatic carbocycles. The summed E-state index contributed by atoms with van der Waals surface area (Å²) in [6.07, 6.45) is 0. The molecule has 28 heteroatoms. The molecular weight excluding hydrogens is 1010 g/mol. The van der Waals surface area contributed by atoms with Gasteiger partial charge in [-0.3, -0.25) is 0 Å². The van der Waals surface area contributed by atoms with Gasteiger partial charge in [0.1, 0.15) is 46.2 Å². The van der Waals surface area contributed by atoms with E-state index in [1.807, 2.05) is 0 Å². The zero-order valence-corrected chi connectivity index (χ0v) is 47.1. The van der Waals surface area contributed by atoms with E-state index in [2.05, 4.69) is 30.7 Å². The summed E-state index contributed by atoms with van der Waals surface area (Å²) in [6, 6.07) is 25.9. The first kappa shape index (κ1) is 57.4. The molecule has 0 spiro atoms. The third-order valence-corrected chi connectivity index (χ3v) is 13.1. The number of fused-ring (bicyclic) bond motifs is 4. The average molecular weight is 1030 g/mol. The van der Waals surface area contributed by atoms with Crippen LogP contribution in [0, 0.1) is 0 Å². The normalized spacial score (nSPS) is 12.4.